The number of aromatic amines is 1. The van der Waals surface area contributed by atoms with Crippen molar-refractivity contribution in [3.63, 3.8) is 0 Å². The summed E-state index contributed by atoms with van der Waals surface area (Å²) in [6.07, 6.45) is 2.34. The molecule has 0 bridgehead atoms. The van der Waals surface area contributed by atoms with Gasteiger partial charge in [-0.05, 0) is 13.3 Å². The predicted molar refractivity (Wildman–Crippen MR) is 66.7 cm³/mol. The maximum atomic E-state index is 12.0. The van der Waals surface area contributed by atoms with E-state index >= 15 is 0 Å². The normalized spacial score (nSPS) is 10.8. The molecular formula is C11H14ClN5O. The van der Waals surface area contributed by atoms with Gasteiger partial charge in [0.15, 0.2) is 5.78 Å². The molecule has 2 aromatic rings. The molecule has 0 fully saturated rings. The summed E-state index contributed by atoms with van der Waals surface area (Å²) in [4.78, 5) is 12.0. The summed E-state index contributed by atoms with van der Waals surface area (Å²) < 4.78 is 1.76. The molecule has 0 atom stereocenters. The summed E-state index contributed by atoms with van der Waals surface area (Å²) in [5.74, 6) is -0.122. The maximum absolute atomic E-state index is 12.0. The highest BCUT2D eigenvalue weighted by molar-refractivity contribution is 6.32. The largest absolute Gasteiger partial charge is 0.292 e. The lowest BCUT2D eigenvalue weighted by molar-refractivity contribution is 0.0985. The zero-order valence-corrected chi connectivity index (χ0v) is 11.0. The third-order valence-corrected chi connectivity index (χ3v) is 3.16. The topological polar surface area (TPSA) is 76.5 Å². The quantitative estimate of drug-likeness (QED) is 0.836. The number of rotatable bonds is 5. The van der Waals surface area contributed by atoms with Crippen molar-refractivity contribution in [3.8, 4) is 0 Å². The first-order valence-electron chi connectivity index (χ1n) is 5.80. The molecular weight excluding hydrogens is 254 g/mol. The van der Waals surface area contributed by atoms with Crippen molar-refractivity contribution in [3.05, 3.63) is 28.3 Å². The van der Waals surface area contributed by atoms with E-state index in [2.05, 4.69) is 20.5 Å². The van der Waals surface area contributed by atoms with E-state index in [1.807, 2.05) is 13.8 Å². The first kappa shape index (κ1) is 12.8. The van der Waals surface area contributed by atoms with Gasteiger partial charge >= 0.3 is 0 Å². The summed E-state index contributed by atoms with van der Waals surface area (Å²) in [5.41, 5.74) is 1.87. The van der Waals surface area contributed by atoms with Crippen molar-refractivity contribution in [2.45, 2.75) is 33.2 Å². The smallest absolute Gasteiger partial charge is 0.190 e. The van der Waals surface area contributed by atoms with E-state index in [1.165, 1.54) is 6.20 Å². The van der Waals surface area contributed by atoms with Crippen LogP contribution in [0.25, 0.3) is 0 Å². The van der Waals surface area contributed by atoms with Gasteiger partial charge in [0.25, 0.3) is 0 Å². The predicted octanol–water partition coefficient (Wildman–Crippen LogP) is 1.66. The minimum absolute atomic E-state index is 0.122. The van der Waals surface area contributed by atoms with Crippen LogP contribution in [0.5, 0.6) is 0 Å². The lowest BCUT2D eigenvalue weighted by Crippen LogP contribution is -2.10. The Kier molecular flexibility index (Phi) is 3.76. The summed E-state index contributed by atoms with van der Waals surface area (Å²) >= 11 is 6.23. The molecule has 2 rings (SSSR count). The number of aryl methyl sites for hydroxylation is 2. The van der Waals surface area contributed by atoms with Gasteiger partial charge in [0.2, 0.25) is 0 Å². The fourth-order valence-electron chi connectivity index (χ4n) is 1.76. The second-order valence-electron chi connectivity index (χ2n) is 3.83. The number of Topliss-reactive ketones (excluding diaryl/α,β-unsaturated/α-hetero) is 1. The highest BCUT2D eigenvalue weighted by atomic mass is 35.5. The minimum atomic E-state index is -0.122. The van der Waals surface area contributed by atoms with E-state index in [9.17, 15) is 4.79 Å². The molecule has 0 aromatic carbocycles. The van der Waals surface area contributed by atoms with E-state index in [4.69, 9.17) is 11.6 Å². The Balaban J connectivity index is 2.28. The Morgan fingerprint density at radius 3 is 2.83 bits per heavy atom. The van der Waals surface area contributed by atoms with E-state index < -0.39 is 0 Å². The summed E-state index contributed by atoms with van der Waals surface area (Å²) in [5, 5.41) is 14.8. The molecule has 0 saturated heterocycles. The second-order valence-corrected chi connectivity index (χ2v) is 4.21. The third kappa shape index (κ3) is 2.28. The fourth-order valence-corrected chi connectivity index (χ4v) is 2.10. The molecule has 0 aliphatic rings. The van der Waals surface area contributed by atoms with Crippen molar-refractivity contribution in [1.29, 1.82) is 0 Å². The molecule has 0 unspecified atom stereocenters. The lowest BCUT2D eigenvalue weighted by atomic mass is 10.1. The fraction of sp³-hybridized carbons (Fsp3) is 0.455. The Hall–Kier alpha value is -1.69. The van der Waals surface area contributed by atoms with Gasteiger partial charge in [0.1, 0.15) is 5.69 Å². The number of nitrogens with zero attached hydrogens (tertiary/aromatic N) is 4. The number of hydrogen-bond donors (Lipinski definition) is 1. The van der Waals surface area contributed by atoms with Gasteiger partial charge in [-0.2, -0.15) is 20.5 Å². The zero-order chi connectivity index (χ0) is 13.1. The van der Waals surface area contributed by atoms with Crippen molar-refractivity contribution in [2.24, 2.45) is 0 Å². The van der Waals surface area contributed by atoms with Crippen LogP contribution in [0.1, 0.15) is 35.7 Å². The Morgan fingerprint density at radius 1 is 1.50 bits per heavy atom. The standard InChI is InChI=1S/C11H14ClN5O/c1-3-7-11(12)9(17(4-2)15-7)5-10(18)8-6-13-16-14-8/h6H,3-5H2,1-2H3,(H,13,14,16). The molecule has 2 aromatic heterocycles. The molecule has 6 nitrogen and oxygen atoms in total. The first-order chi connectivity index (χ1) is 8.67. The van der Waals surface area contributed by atoms with Crippen LogP contribution in [0, 0.1) is 0 Å². The molecule has 2 heterocycles. The van der Waals surface area contributed by atoms with Crippen molar-refractivity contribution >= 4 is 17.4 Å². The lowest BCUT2D eigenvalue weighted by Gasteiger charge is -2.03. The van der Waals surface area contributed by atoms with Gasteiger partial charge in [-0.1, -0.05) is 18.5 Å². The van der Waals surface area contributed by atoms with Crippen molar-refractivity contribution in [1.82, 2.24) is 25.2 Å². The second kappa shape index (κ2) is 5.30. The molecule has 1 N–H and O–H groups in total. The Bertz CT molecular complexity index is 546. The van der Waals surface area contributed by atoms with Crippen LogP contribution in [0.3, 0.4) is 0 Å². The minimum Gasteiger partial charge on any atom is -0.292 e. The van der Waals surface area contributed by atoms with Crippen LogP contribution < -0.4 is 0 Å². The molecule has 0 saturated carbocycles. The number of ketones is 1. The van der Waals surface area contributed by atoms with E-state index in [1.54, 1.807) is 4.68 Å². The average Bonchev–Trinajstić information content (AvgIpc) is 2.99. The van der Waals surface area contributed by atoms with Gasteiger partial charge in [-0.25, -0.2) is 0 Å². The van der Waals surface area contributed by atoms with Crippen LogP contribution in [-0.2, 0) is 19.4 Å². The first-order valence-corrected chi connectivity index (χ1v) is 6.18. The van der Waals surface area contributed by atoms with Gasteiger partial charge < -0.3 is 0 Å². The number of carbonyl (C=O) groups is 1. The highest BCUT2D eigenvalue weighted by Crippen LogP contribution is 2.22. The highest BCUT2D eigenvalue weighted by Gasteiger charge is 2.19. The molecule has 96 valence electrons. The van der Waals surface area contributed by atoms with Crippen molar-refractivity contribution < 1.29 is 4.79 Å². The van der Waals surface area contributed by atoms with Crippen molar-refractivity contribution in [2.75, 3.05) is 0 Å². The van der Waals surface area contributed by atoms with E-state index in [-0.39, 0.29) is 12.2 Å². The molecule has 0 amide bonds. The number of carbonyl (C=O) groups excluding carboxylic acids is 1. The average molecular weight is 268 g/mol. The van der Waals surface area contributed by atoms with Crippen LogP contribution in [0.15, 0.2) is 6.20 Å². The summed E-state index contributed by atoms with van der Waals surface area (Å²) in [7, 11) is 0. The molecule has 7 heteroatoms. The SMILES string of the molecule is CCc1nn(CC)c(CC(=O)c2cn[nH]n2)c1Cl. The molecule has 0 spiro atoms. The van der Waals surface area contributed by atoms with Gasteiger partial charge in [-0.15, -0.1) is 0 Å². The molecule has 0 aliphatic heterocycles. The summed E-state index contributed by atoms with van der Waals surface area (Å²) in [6.45, 7) is 4.63. The van der Waals surface area contributed by atoms with Crippen LogP contribution in [-0.4, -0.2) is 31.0 Å². The van der Waals surface area contributed by atoms with E-state index in [0.29, 0.717) is 17.3 Å². The maximum Gasteiger partial charge on any atom is 0.190 e. The Morgan fingerprint density at radius 2 is 2.28 bits per heavy atom. The van der Waals surface area contributed by atoms with Gasteiger partial charge in [0.05, 0.1) is 29.0 Å². The third-order valence-electron chi connectivity index (χ3n) is 2.72. The van der Waals surface area contributed by atoms with Crippen LogP contribution in [0.4, 0.5) is 0 Å². The molecule has 0 aliphatic carbocycles. The number of H-pyrrole nitrogens is 1. The summed E-state index contributed by atoms with van der Waals surface area (Å²) in [6, 6.07) is 0. The monoisotopic (exact) mass is 267 g/mol. The van der Waals surface area contributed by atoms with Crippen LogP contribution in [0.2, 0.25) is 5.02 Å². The van der Waals surface area contributed by atoms with E-state index in [0.717, 1.165) is 17.8 Å². The zero-order valence-electron chi connectivity index (χ0n) is 10.3. The molecule has 18 heavy (non-hydrogen) atoms. The van der Waals surface area contributed by atoms with Gasteiger partial charge in [-0.3, -0.25) is 9.48 Å². The number of halogens is 1. The molecule has 0 radical (unpaired) electrons. The number of aromatic nitrogens is 5. The van der Waals surface area contributed by atoms with Crippen LogP contribution >= 0.6 is 11.6 Å². The number of hydrogen-bond acceptors (Lipinski definition) is 4. The Labute approximate surface area is 109 Å². The number of nitrogens with one attached hydrogen (secondary N) is 1. The van der Waals surface area contributed by atoms with Gasteiger partial charge in [0, 0.05) is 6.54 Å².